The van der Waals surface area contributed by atoms with E-state index in [1.165, 1.54) is 0 Å². The summed E-state index contributed by atoms with van der Waals surface area (Å²) in [5.74, 6) is -0.755. The maximum atomic E-state index is 12.2. The lowest BCUT2D eigenvalue weighted by atomic mass is 10.1. The van der Waals surface area contributed by atoms with E-state index in [1.54, 1.807) is 0 Å². The summed E-state index contributed by atoms with van der Waals surface area (Å²) in [5, 5.41) is 19.8. The van der Waals surface area contributed by atoms with Crippen LogP contribution in [-0.4, -0.2) is 59.8 Å². The number of unbranched alkanes of at least 4 members (excludes halogenated alkanes) is 8. The fourth-order valence-electron chi connectivity index (χ4n) is 3.37. The molecule has 1 rings (SSSR count). The highest BCUT2D eigenvalue weighted by atomic mass is 16.6. The maximum absolute atomic E-state index is 12.2. The van der Waals surface area contributed by atoms with E-state index in [0.29, 0.717) is 6.42 Å². The SMILES string of the molecule is CCCCCCCC(=O)OC[C@@H](OC(=O)CCCCCCC)[C@H]1OC[C@H](O)[C@H]1O. The average Bonchev–Trinajstić information content (AvgIpc) is 3.03. The van der Waals surface area contributed by atoms with Crippen LogP contribution in [0, 0.1) is 0 Å². The van der Waals surface area contributed by atoms with Crippen LogP contribution in [0.2, 0.25) is 0 Å². The number of aliphatic hydroxyl groups excluding tert-OH is 2. The van der Waals surface area contributed by atoms with Crippen molar-refractivity contribution in [3.63, 3.8) is 0 Å². The summed E-state index contributed by atoms with van der Waals surface area (Å²) in [6.45, 7) is 4.05. The molecule has 1 fully saturated rings. The van der Waals surface area contributed by atoms with Crippen molar-refractivity contribution in [2.75, 3.05) is 13.2 Å². The Kier molecular flexibility index (Phi) is 13.9. The van der Waals surface area contributed by atoms with Gasteiger partial charge in [-0.3, -0.25) is 9.59 Å². The molecule has 1 heterocycles. The van der Waals surface area contributed by atoms with Crippen LogP contribution >= 0.6 is 0 Å². The molecule has 4 atom stereocenters. The summed E-state index contributed by atoms with van der Waals surface area (Å²) in [7, 11) is 0. The van der Waals surface area contributed by atoms with Crippen LogP contribution in [-0.2, 0) is 23.8 Å². The normalized spacial score (nSPS) is 22.4. The van der Waals surface area contributed by atoms with Crippen LogP contribution in [0.5, 0.6) is 0 Å². The van der Waals surface area contributed by atoms with E-state index in [0.717, 1.165) is 64.2 Å². The molecule has 0 saturated carbocycles. The molecular formula is C22H40O7. The summed E-state index contributed by atoms with van der Waals surface area (Å²) >= 11 is 0. The first-order valence-corrected chi connectivity index (χ1v) is 11.3. The van der Waals surface area contributed by atoms with Gasteiger partial charge < -0.3 is 24.4 Å². The van der Waals surface area contributed by atoms with Crippen molar-refractivity contribution < 1.29 is 34.0 Å². The highest BCUT2D eigenvalue weighted by molar-refractivity contribution is 5.70. The Morgan fingerprint density at radius 3 is 1.97 bits per heavy atom. The summed E-state index contributed by atoms with van der Waals surface area (Å²) in [4.78, 5) is 24.2. The first kappa shape index (κ1) is 25.9. The van der Waals surface area contributed by atoms with Gasteiger partial charge in [-0.15, -0.1) is 0 Å². The Morgan fingerprint density at radius 2 is 1.45 bits per heavy atom. The molecule has 0 aromatic rings. The number of carbonyl (C=O) groups is 2. The number of hydrogen-bond acceptors (Lipinski definition) is 7. The van der Waals surface area contributed by atoms with Crippen molar-refractivity contribution in [3.05, 3.63) is 0 Å². The summed E-state index contributed by atoms with van der Waals surface area (Å²) in [6, 6.07) is 0. The van der Waals surface area contributed by atoms with Gasteiger partial charge in [0.1, 0.15) is 24.9 Å². The Hall–Kier alpha value is -1.18. The van der Waals surface area contributed by atoms with Crippen LogP contribution < -0.4 is 0 Å². The minimum Gasteiger partial charge on any atom is -0.462 e. The van der Waals surface area contributed by atoms with E-state index < -0.39 is 30.4 Å². The van der Waals surface area contributed by atoms with Gasteiger partial charge in [-0.05, 0) is 12.8 Å². The van der Waals surface area contributed by atoms with Crippen molar-refractivity contribution in [2.45, 2.75) is 115 Å². The third kappa shape index (κ3) is 11.0. The van der Waals surface area contributed by atoms with Crippen LogP contribution in [0.25, 0.3) is 0 Å². The smallest absolute Gasteiger partial charge is 0.306 e. The molecule has 29 heavy (non-hydrogen) atoms. The third-order valence-corrected chi connectivity index (χ3v) is 5.22. The molecule has 170 valence electrons. The second-order valence-electron chi connectivity index (χ2n) is 7.90. The highest BCUT2D eigenvalue weighted by Gasteiger charge is 2.42. The first-order valence-electron chi connectivity index (χ1n) is 11.3. The third-order valence-electron chi connectivity index (χ3n) is 5.22. The second-order valence-corrected chi connectivity index (χ2v) is 7.90. The molecule has 7 nitrogen and oxygen atoms in total. The summed E-state index contributed by atoms with van der Waals surface area (Å²) in [6.07, 6.45) is 6.77. The van der Waals surface area contributed by atoms with E-state index in [9.17, 15) is 19.8 Å². The molecular weight excluding hydrogens is 376 g/mol. The van der Waals surface area contributed by atoms with Gasteiger partial charge in [0, 0.05) is 12.8 Å². The lowest BCUT2D eigenvalue weighted by molar-refractivity contribution is -0.170. The lowest BCUT2D eigenvalue weighted by Crippen LogP contribution is -2.44. The second kappa shape index (κ2) is 15.6. The van der Waals surface area contributed by atoms with Crippen molar-refractivity contribution in [2.24, 2.45) is 0 Å². The van der Waals surface area contributed by atoms with Gasteiger partial charge in [-0.2, -0.15) is 0 Å². The van der Waals surface area contributed by atoms with Crippen LogP contribution in [0.3, 0.4) is 0 Å². The first-order chi connectivity index (χ1) is 14.0. The predicted octanol–water partition coefficient (Wildman–Crippen LogP) is 3.28. The monoisotopic (exact) mass is 416 g/mol. The zero-order valence-electron chi connectivity index (χ0n) is 18.1. The number of aliphatic hydroxyl groups is 2. The quantitative estimate of drug-likeness (QED) is 0.294. The minimum absolute atomic E-state index is 0.0394. The lowest BCUT2D eigenvalue weighted by Gasteiger charge is -2.25. The van der Waals surface area contributed by atoms with Crippen molar-refractivity contribution in [1.29, 1.82) is 0 Å². The molecule has 0 bridgehead atoms. The van der Waals surface area contributed by atoms with Gasteiger partial charge in [0.2, 0.25) is 0 Å². The molecule has 1 aliphatic heterocycles. The molecule has 0 aromatic heterocycles. The van der Waals surface area contributed by atoms with E-state index in [4.69, 9.17) is 14.2 Å². The van der Waals surface area contributed by atoms with Gasteiger partial charge in [-0.1, -0.05) is 65.2 Å². The fraction of sp³-hybridized carbons (Fsp3) is 0.909. The molecule has 7 heteroatoms. The Balaban J connectivity index is 2.43. The largest absolute Gasteiger partial charge is 0.462 e. The van der Waals surface area contributed by atoms with E-state index in [2.05, 4.69) is 13.8 Å². The zero-order valence-corrected chi connectivity index (χ0v) is 18.1. The van der Waals surface area contributed by atoms with Gasteiger partial charge in [0.25, 0.3) is 0 Å². The van der Waals surface area contributed by atoms with Crippen LogP contribution in [0.4, 0.5) is 0 Å². The topological polar surface area (TPSA) is 102 Å². The van der Waals surface area contributed by atoms with Crippen molar-refractivity contribution in [1.82, 2.24) is 0 Å². The molecule has 0 amide bonds. The standard InChI is InChI=1S/C22H40O7/c1-3-5-7-9-11-13-19(24)27-16-18(22-21(26)17(23)15-28-22)29-20(25)14-12-10-8-6-4-2/h17-18,21-23,26H,3-16H2,1-2H3/t17-,18+,21+,22+/m0/s1. The van der Waals surface area contributed by atoms with Crippen molar-refractivity contribution >= 4 is 11.9 Å². The molecule has 0 spiro atoms. The number of hydrogen-bond donors (Lipinski definition) is 2. The number of rotatable bonds is 16. The summed E-state index contributed by atoms with van der Waals surface area (Å²) in [5.41, 5.74) is 0. The predicted molar refractivity (Wildman–Crippen MR) is 109 cm³/mol. The number of ether oxygens (including phenoxy) is 3. The van der Waals surface area contributed by atoms with Gasteiger partial charge >= 0.3 is 11.9 Å². The molecule has 1 aliphatic rings. The molecule has 1 saturated heterocycles. The Bertz CT molecular complexity index is 454. The highest BCUT2D eigenvalue weighted by Crippen LogP contribution is 2.21. The average molecular weight is 417 g/mol. The van der Waals surface area contributed by atoms with Crippen LogP contribution in [0.15, 0.2) is 0 Å². The van der Waals surface area contributed by atoms with Gasteiger partial charge in [0.05, 0.1) is 6.61 Å². The van der Waals surface area contributed by atoms with Gasteiger partial charge in [0.15, 0.2) is 6.10 Å². The van der Waals surface area contributed by atoms with E-state index >= 15 is 0 Å². The zero-order chi connectivity index (χ0) is 21.5. The molecule has 0 aliphatic carbocycles. The Morgan fingerprint density at radius 1 is 0.897 bits per heavy atom. The summed E-state index contributed by atoms with van der Waals surface area (Å²) < 4.78 is 16.1. The molecule has 0 unspecified atom stereocenters. The minimum atomic E-state index is -1.18. The number of carbonyl (C=O) groups excluding carboxylic acids is 2. The van der Waals surface area contributed by atoms with E-state index in [1.807, 2.05) is 0 Å². The fourth-order valence-corrected chi connectivity index (χ4v) is 3.37. The van der Waals surface area contributed by atoms with Crippen LogP contribution in [0.1, 0.15) is 90.9 Å². The van der Waals surface area contributed by atoms with E-state index in [-0.39, 0.29) is 25.6 Å². The molecule has 0 aromatic carbocycles. The maximum Gasteiger partial charge on any atom is 0.306 e. The molecule has 2 N–H and O–H groups in total. The number of esters is 2. The molecule has 0 radical (unpaired) electrons. The van der Waals surface area contributed by atoms with Gasteiger partial charge in [-0.25, -0.2) is 0 Å². The van der Waals surface area contributed by atoms with Crippen molar-refractivity contribution in [3.8, 4) is 0 Å². The Labute approximate surface area is 175 Å².